The number of fused-ring (bicyclic) bond motifs is 1. The Labute approximate surface area is 126 Å². The van der Waals surface area contributed by atoms with Gasteiger partial charge in [-0.3, -0.25) is 5.10 Å². The molecule has 114 valence electrons. The first kappa shape index (κ1) is 14.3. The number of rotatable bonds is 5. The number of anilines is 1. The van der Waals surface area contributed by atoms with E-state index in [1.807, 2.05) is 24.3 Å². The quantitative estimate of drug-likeness (QED) is 0.557. The number of benzene rings is 1. The molecular weight excluding hydrogens is 284 g/mol. The molecule has 1 unspecified atom stereocenters. The minimum atomic E-state index is -0.904. The van der Waals surface area contributed by atoms with Crippen molar-refractivity contribution in [3.8, 4) is 17.0 Å². The van der Waals surface area contributed by atoms with Gasteiger partial charge in [-0.2, -0.15) is 5.10 Å². The number of aliphatic hydroxyl groups is 2. The van der Waals surface area contributed by atoms with Crippen molar-refractivity contribution in [2.45, 2.75) is 6.10 Å². The average molecular weight is 300 g/mol. The Morgan fingerprint density at radius 2 is 2.18 bits per heavy atom. The Hall–Kier alpha value is -2.64. The molecule has 3 aromatic rings. The van der Waals surface area contributed by atoms with Gasteiger partial charge in [-0.1, -0.05) is 12.1 Å². The van der Waals surface area contributed by atoms with E-state index in [2.05, 4.69) is 15.2 Å². The third-order valence-electron chi connectivity index (χ3n) is 3.20. The zero-order valence-corrected chi connectivity index (χ0v) is 11.7. The molecule has 0 saturated heterocycles. The van der Waals surface area contributed by atoms with Gasteiger partial charge in [0.25, 0.3) is 0 Å². The Morgan fingerprint density at radius 1 is 1.32 bits per heavy atom. The van der Waals surface area contributed by atoms with Crippen LogP contribution in [0.4, 0.5) is 5.69 Å². The fraction of sp³-hybridized carbons (Fsp3) is 0.200. The van der Waals surface area contributed by atoms with Crippen molar-refractivity contribution in [1.29, 1.82) is 0 Å². The number of hydrogen-bond acceptors (Lipinski definition) is 6. The van der Waals surface area contributed by atoms with Gasteiger partial charge in [-0.05, 0) is 18.2 Å². The summed E-state index contributed by atoms with van der Waals surface area (Å²) in [4.78, 5) is 4.18. The van der Waals surface area contributed by atoms with Crippen LogP contribution in [0.1, 0.15) is 0 Å². The SMILES string of the molecule is Nc1cnc2[nH]nc(-c3cccc(OCC(O)CO)c3)c2c1. The molecule has 0 aliphatic rings. The lowest BCUT2D eigenvalue weighted by Gasteiger charge is -2.10. The molecule has 22 heavy (non-hydrogen) atoms. The molecular formula is C15H16N4O3. The minimum Gasteiger partial charge on any atom is -0.491 e. The number of hydrogen-bond donors (Lipinski definition) is 4. The van der Waals surface area contributed by atoms with Crippen molar-refractivity contribution in [3.63, 3.8) is 0 Å². The summed E-state index contributed by atoms with van der Waals surface area (Å²) in [7, 11) is 0. The molecule has 0 aliphatic heterocycles. The third-order valence-corrected chi connectivity index (χ3v) is 3.20. The lowest BCUT2D eigenvalue weighted by atomic mass is 10.1. The van der Waals surface area contributed by atoms with E-state index in [0.29, 0.717) is 17.1 Å². The number of nitrogens with two attached hydrogens (primary N) is 1. The number of nitrogens with zero attached hydrogens (tertiary/aromatic N) is 2. The summed E-state index contributed by atoms with van der Waals surface area (Å²) >= 11 is 0. The summed E-state index contributed by atoms with van der Waals surface area (Å²) in [5.74, 6) is 0.581. The Kier molecular flexibility index (Phi) is 3.90. The van der Waals surface area contributed by atoms with Gasteiger partial charge in [-0.15, -0.1) is 0 Å². The van der Waals surface area contributed by atoms with Gasteiger partial charge < -0.3 is 20.7 Å². The summed E-state index contributed by atoms with van der Waals surface area (Å²) in [6.45, 7) is -0.315. The molecule has 0 saturated carbocycles. The van der Waals surface area contributed by atoms with Crippen molar-refractivity contribution in [2.24, 2.45) is 0 Å². The Balaban J connectivity index is 1.92. The standard InChI is InChI=1S/C15H16N4O3/c16-10-5-13-14(18-19-15(13)17-6-10)9-2-1-3-12(4-9)22-8-11(21)7-20/h1-6,11,20-21H,7-8,16H2,(H,17,18,19). The van der Waals surface area contributed by atoms with E-state index in [1.165, 1.54) is 0 Å². The number of ether oxygens (including phenoxy) is 1. The molecule has 7 heteroatoms. The largest absolute Gasteiger partial charge is 0.491 e. The van der Waals surface area contributed by atoms with Crippen LogP contribution in [0.5, 0.6) is 5.75 Å². The first-order valence-corrected chi connectivity index (χ1v) is 6.79. The molecule has 0 aliphatic carbocycles. The van der Waals surface area contributed by atoms with Crippen molar-refractivity contribution in [2.75, 3.05) is 18.9 Å². The van der Waals surface area contributed by atoms with Crippen LogP contribution < -0.4 is 10.5 Å². The number of aromatic nitrogens is 3. The highest BCUT2D eigenvalue weighted by molar-refractivity contribution is 5.92. The number of aromatic amines is 1. The van der Waals surface area contributed by atoms with Gasteiger partial charge in [0.1, 0.15) is 24.2 Å². The van der Waals surface area contributed by atoms with Gasteiger partial charge in [-0.25, -0.2) is 4.98 Å². The van der Waals surface area contributed by atoms with Gasteiger partial charge in [0.2, 0.25) is 0 Å². The fourth-order valence-electron chi connectivity index (χ4n) is 2.12. The van der Waals surface area contributed by atoms with E-state index in [9.17, 15) is 5.11 Å². The summed E-state index contributed by atoms with van der Waals surface area (Å²) < 4.78 is 5.44. The second-order valence-electron chi connectivity index (χ2n) is 4.91. The van der Waals surface area contributed by atoms with Crippen molar-refractivity contribution >= 4 is 16.7 Å². The molecule has 2 aromatic heterocycles. The Bertz CT molecular complexity index is 787. The molecule has 0 radical (unpaired) electrons. The summed E-state index contributed by atoms with van der Waals surface area (Å²) in [5.41, 5.74) is 8.57. The molecule has 3 rings (SSSR count). The van der Waals surface area contributed by atoms with E-state index in [4.69, 9.17) is 15.6 Å². The van der Waals surface area contributed by atoms with Crippen LogP contribution in [0.2, 0.25) is 0 Å². The topological polar surface area (TPSA) is 117 Å². The highest BCUT2D eigenvalue weighted by Crippen LogP contribution is 2.28. The average Bonchev–Trinajstić information content (AvgIpc) is 2.95. The van der Waals surface area contributed by atoms with Crippen LogP contribution in [0, 0.1) is 0 Å². The van der Waals surface area contributed by atoms with Crippen LogP contribution in [0.25, 0.3) is 22.3 Å². The molecule has 2 heterocycles. The maximum atomic E-state index is 9.33. The molecule has 0 fully saturated rings. The maximum Gasteiger partial charge on any atom is 0.155 e. The Morgan fingerprint density at radius 3 is 3.00 bits per heavy atom. The zero-order valence-electron chi connectivity index (χ0n) is 11.7. The number of nitrogens with one attached hydrogen (secondary N) is 1. The smallest absolute Gasteiger partial charge is 0.155 e. The molecule has 0 bridgehead atoms. The highest BCUT2D eigenvalue weighted by atomic mass is 16.5. The van der Waals surface area contributed by atoms with E-state index < -0.39 is 6.10 Å². The second kappa shape index (κ2) is 6.00. The lowest BCUT2D eigenvalue weighted by molar-refractivity contribution is 0.0536. The first-order valence-electron chi connectivity index (χ1n) is 6.79. The number of H-pyrrole nitrogens is 1. The monoisotopic (exact) mass is 300 g/mol. The highest BCUT2D eigenvalue weighted by Gasteiger charge is 2.11. The van der Waals surface area contributed by atoms with E-state index in [1.54, 1.807) is 12.3 Å². The predicted molar refractivity (Wildman–Crippen MR) is 82.3 cm³/mol. The molecule has 1 aromatic carbocycles. The van der Waals surface area contributed by atoms with Crippen LogP contribution in [0.15, 0.2) is 36.5 Å². The fourth-order valence-corrected chi connectivity index (χ4v) is 2.12. The van der Waals surface area contributed by atoms with Crippen molar-refractivity contribution in [3.05, 3.63) is 36.5 Å². The van der Waals surface area contributed by atoms with Crippen LogP contribution >= 0.6 is 0 Å². The van der Waals surface area contributed by atoms with Gasteiger partial charge >= 0.3 is 0 Å². The number of pyridine rings is 1. The normalized spacial score (nSPS) is 12.5. The minimum absolute atomic E-state index is 0.0236. The molecule has 0 amide bonds. The number of nitrogen functional groups attached to an aromatic ring is 1. The van der Waals surface area contributed by atoms with E-state index in [-0.39, 0.29) is 13.2 Å². The van der Waals surface area contributed by atoms with Crippen molar-refractivity contribution < 1.29 is 14.9 Å². The van der Waals surface area contributed by atoms with Gasteiger partial charge in [0, 0.05) is 10.9 Å². The molecule has 7 nitrogen and oxygen atoms in total. The van der Waals surface area contributed by atoms with E-state index >= 15 is 0 Å². The van der Waals surface area contributed by atoms with Crippen LogP contribution in [-0.2, 0) is 0 Å². The van der Waals surface area contributed by atoms with Gasteiger partial charge in [0.05, 0.1) is 18.5 Å². The van der Waals surface area contributed by atoms with Crippen LogP contribution in [0.3, 0.4) is 0 Å². The second-order valence-corrected chi connectivity index (χ2v) is 4.91. The zero-order chi connectivity index (χ0) is 15.5. The van der Waals surface area contributed by atoms with Crippen LogP contribution in [-0.4, -0.2) is 44.7 Å². The first-order chi connectivity index (χ1) is 10.7. The molecule has 5 N–H and O–H groups in total. The van der Waals surface area contributed by atoms with Gasteiger partial charge in [0.15, 0.2) is 5.65 Å². The third kappa shape index (κ3) is 2.85. The number of aliphatic hydroxyl groups excluding tert-OH is 2. The summed E-state index contributed by atoms with van der Waals surface area (Å²) in [5, 5.41) is 26.1. The summed E-state index contributed by atoms with van der Waals surface area (Å²) in [6, 6.07) is 9.12. The van der Waals surface area contributed by atoms with Crippen molar-refractivity contribution in [1.82, 2.24) is 15.2 Å². The summed E-state index contributed by atoms with van der Waals surface area (Å²) in [6.07, 6.45) is 0.666. The lowest BCUT2D eigenvalue weighted by Crippen LogP contribution is -2.21. The van der Waals surface area contributed by atoms with E-state index in [0.717, 1.165) is 16.6 Å². The molecule has 1 atom stereocenters. The maximum absolute atomic E-state index is 9.33. The molecule has 0 spiro atoms. The predicted octanol–water partition coefficient (Wildman–Crippen LogP) is 0.939.